The van der Waals surface area contributed by atoms with Crippen LogP contribution in [0.1, 0.15) is 40.9 Å². The summed E-state index contributed by atoms with van der Waals surface area (Å²) in [6.45, 7) is 3.81. The second kappa shape index (κ2) is 7.29. The molecule has 0 unspecified atom stereocenters. The number of hydrogen-bond donors (Lipinski definition) is 3. The molecule has 7 nitrogen and oxygen atoms in total. The second-order valence-electron chi connectivity index (χ2n) is 6.87. The summed E-state index contributed by atoms with van der Waals surface area (Å²) < 4.78 is 0. The van der Waals surface area contributed by atoms with E-state index < -0.39 is 5.91 Å². The number of hydrogen-bond acceptors (Lipinski definition) is 6. The molecule has 4 rings (SSSR count). The highest BCUT2D eigenvalue weighted by atomic mass is 16.1. The highest BCUT2D eigenvalue weighted by Gasteiger charge is 2.18. The van der Waals surface area contributed by atoms with Crippen molar-refractivity contribution in [1.29, 1.82) is 0 Å². The van der Waals surface area contributed by atoms with Gasteiger partial charge in [-0.25, -0.2) is 9.97 Å². The molecule has 7 heteroatoms. The van der Waals surface area contributed by atoms with Crippen LogP contribution in [0.25, 0.3) is 0 Å². The number of nitrogens with two attached hydrogens (primary N) is 1. The van der Waals surface area contributed by atoms with Crippen LogP contribution in [0.4, 0.5) is 17.3 Å². The third-order valence-corrected chi connectivity index (χ3v) is 5.03. The average molecular weight is 352 g/mol. The lowest BCUT2D eigenvalue weighted by Crippen LogP contribution is -2.31. The number of primary amides is 1. The molecule has 2 aromatic rings. The molecule has 0 atom stereocenters. The molecule has 2 aliphatic heterocycles. The van der Waals surface area contributed by atoms with Crippen LogP contribution in [0, 0.1) is 0 Å². The van der Waals surface area contributed by atoms with E-state index in [4.69, 9.17) is 5.73 Å². The summed E-state index contributed by atoms with van der Waals surface area (Å²) in [4.78, 5) is 23.0. The molecular weight excluding hydrogens is 328 g/mol. The Morgan fingerprint density at radius 3 is 2.85 bits per heavy atom. The summed E-state index contributed by atoms with van der Waals surface area (Å²) in [6, 6.07) is 6.23. The number of anilines is 3. The van der Waals surface area contributed by atoms with E-state index in [1.807, 2.05) is 6.07 Å². The van der Waals surface area contributed by atoms with Crippen molar-refractivity contribution in [2.24, 2.45) is 5.73 Å². The highest BCUT2D eigenvalue weighted by molar-refractivity contribution is 5.96. The number of aromatic nitrogens is 2. The molecule has 2 aliphatic rings. The molecule has 0 radical (unpaired) electrons. The van der Waals surface area contributed by atoms with Gasteiger partial charge in [0, 0.05) is 25.3 Å². The van der Waals surface area contributed by atoms with E-state index in [-0.39, 0.29) is 5.69 Å². The van der Waals surface area contributed by atoms with E-state index in [0.29, 0.717) is 5.82 Å². The molecule has 4 N–H and O–H groups in total. The third-order valence-electron chi connectivity index (χ3n) is 5.03. The lowest BCUT2D eigenvalue weighted by Gasteiger charge is -2.28. The van der Waals surface area contributed by atoms with Crippen LogP contribution in [-0.4, -0.2) is 35.5 Å². The van der Waals surface area contributed by atoms with Crippen molar-refractivity contribution >= 4 is 23.2 Å². The summed E-state index contributed by atoms with van der Waals surface area (Å²) in [5.74, 6) is 0.640. The van der Waals surface area contributed by atoms with E-state index in [0.717, 1.165) is 56.9 Å². The van der Waals surface area contributed by atoms with Gasteiger partial charge in [0.15, 0.2) is 11.5 Å². The van der Waals surface area contributed by atoms with E-state index in [9.17, 15) is 4.79 Å². The summed E-state index contributed by atoms with van der Waals surface area (Å²) in [6.07, 6.45) is 6.20. The quantitative estimate of drug-likeness (QED) is 0.778. The standard InChI is InChI=1S/C19H24N6O/c20-18(26)17-19(24-16(12-22-17)25-8-2-1-3-9-25)23-15-5-4-14-11-21-7-6-13(14)10-15/h4-5,10,12,21H,1-3,6-9,11H2,(H2,20,26)(H,23,24). The normalized spacial score (nSPS) is 16.8. The van der Waals surface area contributed by atoms with Gasteiger partial charge in [-0.1, -0.05) is 6.07 Å². The van der Waals surface area contributed by atoms with Crippen LogP contribution in [0.2, 0.25) is 0 Å². The summed E-state index contributed by atoms with van der Waals surface area (Å²) in [5.41, 5.74) is 9.20. The Bertz CT molecular complexity index is 816. The molecule has 1 aromatic heterocycles. The topological polar surface area (TPSA) is 96.2 Å². The molecule has 1 amide bonds. The molecule has 26 heavy (non-hydrogen) atoms. The largest absolute Gasteiger partial charge is 0.364 e. The Kier molecular flexibility index (Phi) is 4.71. The Morgan fingerprint density at radius 2 is 2.04 bits per heavy atom. The van der Waals surface area contributed by atoms with Crippen LogP contribution < -0.4 is 21.3 Å². The van der Waals surface area contributed by atoms with Gasteiger partial charge in [-0.15, -0.1) is 0 Å². The molecule has 1 fully saturated rings. The zero-order valence-electron chi connectivity index (χ0n) is 14.8. The Balaban J connectivity index is 1.64. The first-order valence-electron chi connectivity index (χ1n) is 9.22. The summed E-state index contributed by atoms with van der Waals surface area (Å²) >= 11 is 0. The lowest BCUT2D eigenvalue weighted by atomic mass is 10.0. The zero-order valence-corrected chi connectivity index (χ0v) is 14.8. The van der Waals surface area contributed by atoms with Crippen molar-refractivity contribution in [2.45, 2.75) is 32.2 Å². The van der Waals surface area contributed by atoms with Gasteiger partial charge in [-0.05, 0) is 55.5 Å². The van der Waals surface area contributed by atoms with Gasteiger partial charge < -0.3 is 21.3 Å². The van der Waals surface area contributed by atoms with Crippen molar-refractivity contribution in [2.75, 3.05) is 29.9 Å². The number of carbonyl (C=O) groups excluding carboxylic acids is 1. The van der Waals surface area contributed by atoms with Crippen molar-refractivity contribution in [3.05, 3.63) is 41.2 Å². The first kappa shape index (κ1) is 16.8. The number of carbonyl (C=O) groups is 1. The minimum atomic E-state index is -0.577. The van der Waals surface area contributed by atoms with Crippen molar-refractivity contribution in [1.82, 2.24) is 15.3 Å². The van der Waals surface area contributed by atoms with Crippen LogP contribution in [0.5, 0.6) is 0 Å². The van der Waals surface area contributed by atoms with Crippen LogP contribution in [-0.2, 0) is 13.0 Å². The number of piperidine rings is 1. The fourth-order valence-electron chi connectivity index (χ4n) is 3.61. The van der Waals surface area contributed by atoms with Gasteiger partial charge in [0.1, 0.15) is 5.82 Å². The number of amides is 1. The maximum absolute atomic E-state index is 11.8. The molecule has 1 saturated heterocycles. The van der Waals surface area contributed by atoms with Crippen molar-refractivity contribution < 1.29 is 4.79 Å². The molecule has 0 saturated carbocycles. The Labute approximate surface area is 153 Å². The summed E-state index contributed by atoms with van der Waals surface area (Å²) in [7, 11) is 0. The summed E-state index contributed by atoms with van der Waals surface area (Å²) in [5, 5.41) is 6.63. The van der Waals surface area contributed by atoms with Gasteiger partial charge in [0.25, 0.3) is 5.91 Å². The van der Waals surface area contributed by atoms with Gasteiger partial charge in [0.05, 0.1) is 6.20 Å². The Morgan fingerprint density at radius 1 is 1.19 bits per heavy atom. The monoisotopic (exact) mass is 352 g/mol. The maximum Gasteiger partial charge on any atom is 0.271 e. The predicted octanol–water partition coefficient (Wildman–Crippen LogP) is 1.96. The SMILES string of the molecule is NC(=O)c1ncc(N2CCCCC2)nc1Nc1ccc2c(c1)CCNC2. The van der Waals surface area contributed by atoms with Gasteiger partial charge in [0.2, 0.25) is 0 Å². The minimum Gasteiger partial charge on any atom is -0.364 e. The lowest BCUT2D eigenvalue weighted by molar-refractivity contribution is 0.0996. The first-order valence-corrected chi connectivity index (χ1v) is 9.22. The second-order valence-corrected chi connectivity index (χ2v) is 6.87. The van der Waals surface area contributed by atoms with E-state index in [1.165, 1.54) is 17.5 Å². The van der Waals surface area contributed by atoms with Crippen molar-refractivity contribution in [3.63, 3.8) is 0 Å². The fourth-order valence-corrected chi connectivity index (χ4v) is 3.61. The van der Waals surface area contributed by atoms with Crippen LogP contribution in [0.15, 0.2) is 24.4 Å². The van der Waals surface area contributed by atoms with E-state index in [1.54, 1.807) is 6.20 Å². The number of nitrogens with zero attached hydrogens (tertiary/aromatic N) is 3. The first-order chi connectivity index (χ1) is 12.7. The molecular formula is C19H24N6O. The number of fused-ring (bicyclic) bond motifs is 1. The average Bonchev–Trinajstić information content (AvgIpc) is 2.68. The van der Waals surface area contributed by atoms with Crippen molar-refractivity contribution in [3.8, 4) is 0 Å². The van der Waals surface area contributed by atoms with Gasteiger partial charge in [-0.3, -0.25) is 4.79 Å². The Hall–Kier alpha value is -2.67. The number of rotatable bonds is 4. The van der Waals surface area contributed by atoms with Gasteiger partial charge >= 0.3 is 0 Å². The maximum atomic E-state index is 11.8. The van der Waals surface area contributed by atoms with E-state index >= 15 is 0 Å². The number of nitrogens with one attached hydrogen (secondary N) is 2. The molecule has 3 heterocycles. The fraction of sp³-hybridized carbons (Fsp3) is 0.421. The minimum absolute atomic E-state index is 0.171. The molecule has 0 spiro atoms. The molecule has 0 bridgehead atoms. The van der Waals surface area contributed by atoms with Crippen LogP contribution in [0.3, 0.4) is 0 Å². The molecule has 136 valence electrons. The predicted molar refractivity (Wildman–Crippen MR) is 102 cm³/mol. The zero-order chi connectivity index (χ0) is 17.9. The molecule has 0 aliphatic carbocycles. The highest BCUT2D eigenvalue weighted by Crippen LogP contribution is 2.25. The number of benzene rings is 1. The van der Waals surface area contributed by atoms with E-state index in [2.05, 4.69) is 37.6 Å². The third kappa shape index (κ3) is 3.48. The van der Waals surface area contributed by atoms with Gasteiger partial charge in [-0.2, -0.15) is 0 Å². The smallest absolute Gasteiger partial charge is 0.271 e. The molecule has 1 aromatic carbocycles. The van der Waals surface area contributed by atoms with Crippen LogP contribution >= 0.6 is 0 Å².